The number of hydrogen-bond acceptors (Lipinski definition) is 6. The number of ketones is 1. The molecule has 0 fully saturated rings. The van der Waals surface area contributed by atoms with Crippen LogP contribution in [0.15, 0.2) is 52.1 Å². The molecule has 1 aromatic heterocycles. The van der Waals surface area contributed by atoms with E-state index in [4.69, 9.17) is 5.73 Å². The van der Waals surface area contributed by atoms with Crippen LogP contribution in [0.3, 0.4) is 0 Å². The number of fused-ring (bicyclic) bond motifs is 1. The van der Waals surface area contributed by atoms with Crippen LogP contribution in [0.2, 0.25) is 0 Å². The molecule has 7 heteroatoms. The van der Waals surface area contributed by atoms with Gasteiger partial charge in [-0.3, -0.25) is 9.59 Å². The van der Waals surface area contributed by atoms with Gasteiger partial charge in [-0.15, -0.1) is 0 Å². The zero-order valence-corrected chi connectivity index (χ0v) is 15.9. The van der Waals surface area contributed by atoms with Gasteiger partial charge in [-0.05, 0) is 18.6 Å². The molecule has 0 spiro atoms. The van der Waals surface area contributed by atoms with Crippen LogP contribution in [0, 0.1) is 0 Å². The largest absolute Gasteiger partial charge is 0.383 e. The van der Waals surface area contributed by atoms with Crippen LogP contribution in [-0.2, 0) is 10.2 Å². The second kappa shape index (κ2) is 6.99. The topological polar surface area (TPSA) is 92.1 Å². The van der Waals surface area contributed by atoms with E-state index in [-0.39, 0.29) is 28.3 Å². The second-order valence-electron chi connectivity index (χ2n) is 6.65. The molecule has 0 atom stereocenters. The molecule has 2 heterocycles. The number of nitrogen functional groups attached to an aromatic ring is 1. The minimum absolute atomic E-state index is 0.0330. The number of rotatable bonds is 5. The number of nitrogens with two attached hydrogens (primary N) is 1. The molecule has 136 valence electrons. The number of thioether (sulfide) groups is 1. The van der Waals surface area contributed by atoms with Gasteiger partial charge in [0.1, 0.15) is 5.82 Å². The number of anilines is 2. The van der Waals surface area contributed by atoms with Crippen molar-refractivity contribution >= 4 is 29.1 Å². The van der Waals surface area contributed by atoms with E-state index in [1.54, 1.807) is 6.08 Å². The van der Waals surface area contributed by atoms with Crippen molar-refractivity contribution in [3.8, 4) is 0 Å². The molecular formula is C19H22N4O2S. The zero-order valence-electron chi connectivity index (χ0n) is 15.1. The van der Waals surface area contributed by atoms with Crippen molar-refractivity contribution in [1.82, 2.24) is 9.97 Å². The second-order valence-corrected chi connectivity index (χ2v) is 7.61. The summed E-state index contributed by atoms with van der Waals surface area (Å²) in [5.74, 6) is 0.292. The fourth-order valence-electron chi connectivity index (χ4n) is 3.30. The highest BCUT2D eigenvalue weighted by molar-refractivity contribution is 7.99. The lowest BCUT2D eigenvalue weighted by Gasteiger charge is -2.26. The summed E-state index contributed by atoms with van der Waals surface area (Å²) in [5, 5.41) is 0.350. The standard InChI is InChI=1S/C19H22N4O2S/c1-4-23-14-8-6-5-7-13(14)19(2,3)15(23)9-12(24)11-26-18-21-16(20)10-17(25)22-18/h5-10H,4,11H2,1-3H3,(H3,20,21,22,25). The summed E-state index contributed by atoms with van der Waals surface area (Å²) in [6, 6.07) is 9.45. The van der Waals surface area contributed by atoms with Gasteiger partial charge in [0.05, 0.1) is 5.75 Å². The number of carbonyl (C=O) groups is 1. The first-order valence-electron chi connectivity index (χ1n) is 8.44. The average Bonchev–Trinajstić information content (AvgIpc) is 2.80. The number of H-pyrrole nitrogens is 1. The Morgan fingerprint density at radius 1 is 1.38 bits per heavy atom. The fourth-order valence-corrected chi connectivity index (χ4v) is 4.00. The Labute approximate surface area is 156 Å². The highest BCUT2D eigenvalue weighted by atomic mass is 32.2. The fraction of sp³-hybridized carbons (Fsp3) is 0.316. The number of hydrogen-bond donors (Lipinski definition) is 2. The van der Waals surface area contributed by atoms with E-state index in [0.29, 0.717) is 5.16 Å². The monoisotopic (exact) mass is 370 g/mol. The van der Waals surface area contributed by atoms with Gasteiger partial charge in [0.2, 0.25) is 0 Å². The van der Waals surface area contributed by atoms with Crippen molar-refractivity contribution in [1.29, 1.82) is 0 Å². The third-order valence-corrected chi connectivity index (χ3v) is 5.40. The Bertz CT molecular complexity index is 933. The van der Waals surface area contributed by atoms with Crippen LogP contribution in [0.5, 0.6) is 0 Å². The summed E-state index contributed by atoms with van der Waals surface area (Å²) in [5.41, 5.74) is 8.36. The number of nitrogens with one attached hydrogen (secondary N) is 1. The lowest BCUT2D eigenvalue weighted by molar-refractivity contribution is -0.112. The number of benzene rings is 1. The van der Waals surface area contributed by atoms with Gasteiger partial charge in [0.25, 0.3) is 5.56 Å². The van der Waals surface area contributed by atoms with Crippen LogP contribution in [0.4, 0.5) is 11.5 Å². The van der Waals surface area contributed by atoms with E-state index >= 15 is 0 Å². The maximum Gasteiger partial charge on any atom is 0.253 e. The van der Waals surface area contributed by atoms with Crippen molar-refractivity contribution < 1.29 is 4.79 Å². The number of aromatic amines is 1. The smallest absolute Gasteiger partial charge is 0.253 e. The zero-order chi connectivity index (χ0) is 18.9. The highest BCUT2D eigenvalue weighted by Gasteiger charge is 2.39. The summed E-state index contributed by atoms with van der Waals surface area (Å²) < 4.78 is 0. The van der Waals surface area contributed by atoms with Crippen LogP contribution in [0.1, 0.15) is 26.3 Å². The normalized spacial score (nSPS) is 16.7. The predicted molar refractivity (Wildman–Crippen MR) is 106 cm³/mol. The molecule has 3 rings (SSSR count). The van der Waals surface area contributed by atoms with E-state index in [9.17, 15) is 9.59 Å². The molecule has 0 amide bonds. The molecule has 3 N–H and O–H groups in total. The summed E-state index contributed by atoms with van der Waals surface area (Å²) >= 11 is 1.17. The Hall–Kier alpha value is -2.54. The van der Waals surface area contributed by atoms with E-state index in [0.717, 1.165) is 17.9 Å². The molecule has 2 aromatic rings. The molecule has 1 aliphatic heterocycles. The minimum Gasteiger partial charge on any atom is -0.383 e. The number of likely N-dealkylation sites (N-methyl/N-ethyl adjacent to an activating group) is 1. The van der Waals surface area contributed by atoms with Crippen molar-refractivity contribution in [2.24, 2.45) is 0 Å². The Morgan fingerprint density at radius 3 is 2.81 bits per heavy atom. The van der Waals surface area contributed by atoms with E-state index in [1.165, 1.54) is 23.4 Å². The van der Waals surface area contributed by atoms with E-state index < -0.39 is 0 Å². The Balaban J connectivity index is 1.82. The summed E-state index contributed by atoms with van der Waals surface area (Å²) in [7, 11) is 0. The lowest BCUT2D eigenvalue weighted by atomic mass is 9.83. The molecule has 26 heavy (non-hydrogen) atoms. The van der Waals surface area contributed by atoms with Gasteiger partial charge in [-0.1, -0.05) is 43.8 Å². The first-order chi connectivity index (χ1) is 12.3. The third-order valence-electron chi connectivity index (χ3n) is 4.50. The van der Waals surface area contributed by atoms with Crippen molar-refractivity contribution in [2.45, 2.75) is 31.3 Å². The molecule has 0 saturated heterocycles. The first-order valence-corrected chi connectivity index (χ1v) is 9.43. The first kappa shape index (κ1) is 18.3. The number of nitrogens with zero attached hydrogens (tertiary/aromatic N) is 2. The van der Waals surface area contributed by atoms with Crippen molar-refractivity contribution in [2.75, 3.05) is 22.9 Å². The quantitative estimate of drug-likeness (QED) is 0.478. The summed E-state index contributed by atoms with van der Waals surface area (Å²) in [6.07, 6.45) is 1.71. The molecule has 6 nitrogen and oxygen atoms in total. The number of aromatic nitrogens is 2. The average molecular weight is 370 g/mol. The summed E-state index contributed by atoms with van der Waals surface area (Å²) in [6.45, 7) is 7.12. The minimum atomic E-state index is -0.324. The lowest BCUT2D eigenvalue weighted by Crippen LogP contribution is -2.27. The molecule has 1 aliphatic rings. The van der Waals surface area contributed by atoms with Gasteiger partial charge in [-0.25, -0.2) is 4.98 Å². The third kappa shape index (κ3) is 3.39. The van der Waals surface area contributed by atoms with Gasteiger partial charge in [0, 0.05) is 35.5 Å². The molecule has 0 radical (unpaired) electrons. The van der Waals surface area contributed by atoms with Gasteiger partial charge >= 0.3 is 0 Å². The molecule has 0 saturated carbocycles. The van der Waals surface area contributed by atoms with E-state index in [2.05, 4.69) is 47.8 Å². The Morgan fingerprint density at radius 2 is 2.12 bits per heavy atom. The van der Waals surface area contributed by atoms with Gasteiger partial charge in [0.15, 0.2) is 10.9 Å². The van der Waals surface area contributed by atoms with Crippen LogP contribution < -0.4 is 16.2 Å². The van der Waals surface area contributed by atoms with Crippen LogP contribution in [-0.4, -0.2) is 28.0 Å². The maximum atomic E-state index is 12.6. The molecule has 0 aliphatic carbocycles. The number of allylic oxidation sites excluding steroid dienone is 2. The van der Waals surface area contributed by atoms with Gasteiger partial charge in [-0.2, -0.15) is 0 Å². The molecule has 1 aromatic carbocycles. The van der Waals surface area contributed by atoms with Crippen molar-refractivity contribution in [3.05, 3.63) is 58.0 Å². The Kier molecular flexibility index (Phi) is 4.91. The van der Waals surface area contributed by atoms with Gasteiger partial charge < -0.3 is 15.6 Å². The number of carbonyl (C=O) groups excluding carboxylic acids is 1. The van der Waals surface area contributed by atoms with Crippen LogP contribution in [0.25, 0.3) is 0 Å². The highest BCUT2D eigenvalue weighted by Crippen LogP contribution is 2.47. The van der Waals surface area contributed by atoms with Crippen LogP contribution >= 0.6 is 11.8 Å². The summed E-state index contributed by atoms with van der Waals surface area (Å²) in [4.78, 5) is 32.8. The number of para-hydroxylation sites is 1. The van der Waals surface area contributed by atoms with E-state index in [1.807, 2.05) is 12.1 Å². The molecule has 0 unspecified atom stereocenters. The molecule has 0 bridgehead atoms. The van der Waals surface area contributed by atoms with Crippen molar-refractivity contribution in [3.63, 3.8) is 0 Å². The SMILES string of the molecule is CCN1C(=CC(=O)CSc2nc(N)cc(=O)[nH]2)C(C)(C)c2ccccc21. The predicted octanol–water partition coefficient (Wildman–Crippen LogP) is 2.71. The maximum absolute atomic E-state index is 12.6. The molecular weight excluding hydrogens is 348 g/mol.